The van der Waals surface area contributed by atoms with E-state index < -0.39 is 0 Å². The molecule has 1 aliphatic heterocycles. The molecule has 1 fully saturated rings. The molecule has 1 saturated heterocycles. The molecule has 1 amide bonds. The molecule has 1 rings (SSSR count). The fourth-order valence-corrected chi connectivity index (χ4v) is 1.52. The Morgan fingerprint density at radius 1 is 1.57 bits per heavy atom. The molecule has 0 aromatic carbocycles. The SMILES string of the molecule is CCC(C)NC(=O)C1CCCCN1.Cl. The van der Waals surface area contributed by atoms with Gasteiger partial charge in [-0.2, -0.15) is 0 Å². The summed E-state index contributed by atoms with van der Waals surface area (Å²) >= 11 is 0. The number of rotatable bonds is 3. The Labute approximate surface area is 92.4 Å². The third kappa shape index (κ3) is 4.29. The van der Waals surface area contributed by atoms with Crippen LogP contribution in [0.5, 0.6) is 0 Å². The quantitative estimate of drug-likeness (QED) is 0.757. The van der Waals surface area contributed by atoms with Gasteiger partial charge >= 0.3 is 0 Å². The number of carbonyl (C=O) groups excluding carboxylic acids is 1. The Balaban J connectivity index is 0.00000169. The minimum absolute atomic E-state index is 0. The number of carbonyl (C=O) groups is 1. The summed E-state index contributed by atoms with van der Waals surface area (Å²) < 4.78 is 0. The smallest absolute Gasteiger partial charge is 0.237 e. The van der Waals surface area contributed by atoms with Crippen molar-refractivity contribution in [3.8, 4) is 0 Å². The van der Waals surface area contributed by atoms with Crippen LogP contribution in [0.3, 0.4) is 0 Å². The van der Waals surface area contributed by atoms with E-state index in [2.05, 4.69) is 17.6 Å². The lowest BCUT2D eigenvalue weighted by Gasteiger charge is -2.24. The molecule has 0 saturated carbocycles. The van der Waals surface area contributed by atoms with Gasteiger partial charge in [-0.15, -0.1) is 12.4 Å². The Bertz CT molecular complexity index is 170. The van der Waals surface area contributed by atoms with Crippen molar-refractivity contribution in [3.05, 3.63) is 0 Å². The van der Waals surface area contributed by atoms with Gasteiger partial charge < -0.3 is 10.6 Å². The molecule has 2 atom stereocenters. The van der Waals surface area contributed by atoms with E-state index in [4.69, 9.17) is 0 Å². The van der Waals surface area contributed by atoms with Crippen molar-refractivity contribution in [3.63, 3.8) is 0 Å². The van der Waals surface area contributed by atoms with E-state index in [1.54, 1.807) is 0 Å². The van der Waals surface area contributed by atoms with Crippen LogP contribution < -0.4 is 10.6 Å². The maximum absolute atomic E-state index is 11.6. The Morgan fingerprint density at radius 3 is 2.79 bits per heavy atom. The minimum atomic E-state index is 0. The summed E-state index contributed by atoms with van der Waals surface area (Å²) in [7, 11) is 0. The predicted molar refractivity (Wildman–Crippen MR) is 60.8 cm³/mol. The van der Waals surface area contributed by atoms with Crippen LogP contribution in [0.25, 0.3) is 0 Å². The zero-order chi connectivity index (χ0) is 9.68. The largest absolute Gasteiger partial charge is 0.352 e. The second-order valence-corrected chi connectivity index (χ2v) is 3.82. The highest BCUT2D eigenvalue weighted by Crippen LogP contribution is 2.07. The second-order valence-electron chi connectivity index (χ2n) is 3.82. The molecule has 2 N–H and O–H groups in total. The summed E-state index contributed by atoms with van der Waals surface area (Å²) in [4.78, 5) is 11.6. The average molecular weight is 221 g/mol. The molecule has 0 radical (unpaired) electrons. The highest BCUT2D eigenvalue weighted by Gasteiger charge is 2.20. The molecule has 4 heteroatoms. The molecule has 3 nitrogen and oxygen atoms in total. The summed E-state index contributed by atoms with van der Waals surface area (Å²) in [5.74, 6) is 0.175. The Kier molecular flexibility index (Phi) is 6.93. The van der Waals surface area contributed by atoms with Gasteiger partial charge in [0.05, 0.1) is 6.04 Å². The van der Waals surface area contributed by atoms with Gasteiger partial charge in [0.15, 0.2) is 0 Å². The number of hydrogen-bond acceptors (Lipinski definition) is 2. The molecular weight excluding hydrogens is 200 g/mol. The Morgan fingerprint density at radius 2 is 2.29 bits per heavy atom. The van der Waals surface area contributed by atoms with E-state index in [1.807, 2.05) is 6.92 Å². The fourth-order valence-electron chi connectivity index (χ4n) is 1.52. The number of halogens is 1. The average Bonchev–Trinajstić information content (AvgIpc) is 2.19. The van der Waals surface area contributed by atoms with Crippen molar-refractivity contribution < 1.29 is 4.79 Å². The first kappa shape index (κ1) is 13.7. The maximum atomic E-state index is 11.6. The summed E-state index contributed by atoms with van der Waals surface area (Å²) in [6.07, 6.45) is 4.36. The van der Waals surface area contributed by atoms with Crippen LogP contribution >= 0.6 is 12.4 Å². The van der Waals surface area contributed by atoms with Gasteiger partial charge in [-0.3, -0.25) is 4.79 Å². The highest BCUT2D eigenvalue weighted by molar-refractivity contribution is 5.85. The van der Waals surface area contributed by atoms with Gasteiger partial charge in [-0.1, -0.05) is 13.3 Å². The lowest BCUT2D eigenvalue weighted by atomic mass is 10.0. The van der Waals surface area contributed by atoms with Gasteiger partial charge in [0, 0.05) is 6.04 Å². The number of hydrogen-bond donors (Lipinski definition) is 2. The van der Waals surface area contributed by atoms with Crippen LogP contribution in [-0.4, -0.2) is 24.5 Å². The number of nitrogens with one attached hydrogen (secondary N) is 2. The van der Waals surface area contributed by atoms with Crippen LogP contribution in [0.2, 0.25) is 0 Å². The van der Waals surface area contributed by atoms with Gasteiger partial charge in [-0.25, -0.2) is 0 Å². The molecule has 1 heterocycles. The highest BCUT2D eigenvalue weighted by atomic mass is 35.5. The Hall–Kier alpha value is -0.280. The molecule has 0 bridgehead atoms. The zero-order valence-corrected chi connectivity index (χ0v) is 9.82. The van der Waals surface area contributed by atoms with E-state index in [-0.39, 0.29) is 24.4 Å². The normalized spacial score (nSPS) is 23.4. The monoisotopic (exact) mass is 220 g/mol. The van der Waals surface area contributed by atoms with Crippen LogP contribution in [0, 0.1) is 0 Å². The zero-order valence-electron chi connectivity index (χ0n) is 9.01. The van der Waals surface area contributed by atoms with E-state index in [0.717, 1.165) is 19.4 Å². The molecule has 84 valence electrons. The summed E-state index contributed by atoms with van der Waals surface area (Å²) in [5, 5.41) is 6.23. The standard InChI is InChI=1S/C10H20N2O.ClH/c1-3-8(2)12-10(13)9-6-4-5-7-11-9;/h8-9,11H,3-7H2,1-2H3,(H,12,13);1H. The first-order valence-electron chi connectivity index (χ1n) is 5.27. The van der Waals surface area contributed by atoms with Crippen molar-refractivity contribution in [1.82, 2.24) is 10.6 Å². The van der Waals surface area contributed by atoms with Crippen molar-refractivity contribution in [2.24, 2.45) is 0 Å². The minimum Gasteiger partial charge on any atom is -0.352 e. The van der Waals surface area contributed by atoms with E-state index in [1.165, 1.54) is 12.8 Å². The van der Waals surface area contributed by atoms with E-state index in [0.29, 0.717) is 6.04 Å². The van der Waals surface area contributed by atoms with Crippen molar-refractivity contribution in [1.29, 1.82) is 0 Å². The van der Waals surface area contributed by atoms with Gasteiger partial charge in [0.2, 0.25) is 5.91 Å². The molecule has 0 aromatic heterocycles. The van der Waals surface area contributed by atoms with Gasteiger partial charge in [0.25, 0.3) is 0 Å². The first-order valence-corrected chi connectivity index (χ1v) is 5.27. The lowest BCUT2D eigenvalue weighted by Crippen LogP contribution is -2.48. The van der Waals surface area contributed by atoms with Crippen LogP contribution in [0.15, 0.2) is 0 Å². The topological polar surface area (TPSA) is 41.1 Å². The number of piperidine rings is 1. The van der Waals surface area contributed by atoms with Crippen molar-refractivity contribution in [2.75, 3.05) is 6.54 Å². The van der Waals surface area contributed by atoms with Crippen molar-refractivity contribution >= 4 is 18.3 Å². The van der Waals surface area contributed by atoms with Crippen LogP contribution in [-0.2, 0) is 4.79 Å². The van der Waals surface area contributed by atoms with Crippen LogP contribution in [0.1, 0.15) is 39.5 Å². The molecule has 2 unspecified atom stereocenters. The summed E-state index contributed by atoms with van der Waals surface area (Å²) in [6.45, 7) is 5.11. The first-order chi connectivity index (χ1) is 6.24. The molecule has 0 spiro atoms. The summed E-state index contributed by atoms with van der Waals surface area (Å²) in [6, 6.07) is 0.360. The maximum Gasteiger partial charge on any atom is 0.237 e. The van der Waals surface area contributed by atoms with E-state index >= 15 is 0 Å². The number of amides is 1. The third-order valence-electron chi connectivity index (χ3n) is 2.63. The van der Waals surface area contributed by atoms with Crippen LogP contribution in [0.4, 0.5) is 0 Å². The third-order valence-corrected chi connectivity index (χ3v) is 2.63. The molecule has 0 aromatic rings. The molecule has 0 aliphatic carbocycles. The van der Waals surface area contributed by atoms with Gasteiger partial charge in [0.1, 0.15) is 0 Å². The molecular formula is C10H21ClN2O. The lowest BCUT2D eigenvalue weighted by molar-refractivity contribution is -0.124. The predicted octanol–water partition coefficient (Wildman–Crippen LogP) is 1.46. The fraction of sp³-hybridized carbons (Fsp3) is 0.900. The molecule has 1 aliphatic rings. The van der Waals surface area contributed by atoms with E-state index in [9.17, 15) is 4.79 Å². The van der Waals surface area contributed by atoms with Gasteiger partial charge in [-0.05, 0) is 32.7 Å². The summed E-state index contributed by atoms with van der Waals surface area (Å²) in [5.41, 5.74) is 0. The molecule has 14 heavy (non-hydrogen) atoms. The second kappa shape index (κ2) is 7.07. The van der Waals surface area contributed by atoms with Crippen molar-refractivity contribution in [2.45, 2.75) is 51.6 Å².